The van der Waals surface area contributed by atoms with E-state index in [1.54, 1.807) is 11.4 Å². The summed E-state index contributed by atoms with van der Waals surface area (Å²) in [5.74, 6) is -5.92. The van der Waals surface area contributed by atoms with Crippen LogP contribution in [0.25, 0.3) is 11.1 Å². The number of nitrogens with zero attached hydrogens (tertiary/aromatic N) is 1. The number of thiophene rings is 1. The number of benzene rings is 2. The number of likely N-dealkylation sites (tertiary alicyclic amines) is 1. The number of rotatable bonds is 9. The summed E-state index contributed by atoms with van der Waals surface area (Å²) >= 11 is 1.12. The molecule has 2 aromatic carbocycles. The summed E-state index contributed by atoms with van der Waals surface area (Å²) in [6.07, 6.45) is -0.644. The lowest BCUT2D eigenvalue weighted by atomic mass is 10.0. The molecule has 1 unspecified atom stereocenters. The number of hydrogen-bond donors (Lipinski definition) is 5. The number of carbonyl (C=O) groups excluding carboxylic acids is 3. The Morgan fingerprint density at radius 1 is 1.09 bits per heavy atom. The first kappa shape index (κ1) is 30.2. The van der Waals surface area contributed by atoms with Gasteiger partial charge < -0.3 is 26.4 Å². The second-order valence-electron chi connectivity index (χ2n) is 10.5. The highest BCUT2D eigenvalue weighted by Gasteiger charge is 2.50. The van der Waals surface area contributed by atoms with E-state index >= 15 is 4.39 Å². The zero-order chi connectivity index (χ0) is 31.1. The Balaban J connectivity index is 1.28. The van der Waals surface area contributed by atoms with Crippen LogP contribution in [0.2, 0.25) is 0 Å². The van der Waals surface area contributed by atoms with Gasteiger partial charge in [0.1, 0.15) is 18.6 Å². The third-order valence-electron chi connectivity index (χ3n) is 7.60. The number of hydrogen-bond acceptors (Lipinski definition) is 6. The number of amidine groups is 1. The molecule has 5 rings (SSSR count). The minimum atomic E-state index is -3.23. The number of aliphatic hydroxyl groups excluding tert-OH is 1. The van der Waals surface area contributed by atoms with E-state index in [4.69, 9.17) is 11.1 Å². The lowest BCUT2D eigenvalue weighted by Gasteiger charge is -2.25. The van der Waals surface area contributed by atoms with Crippen molar-refractivity contribution in [2.24, 2.45) is 5.73 Å². The summed E-state index contributed by atoms with van der Waals surface area (Å²) in [4.78, 5) is 40.4. The first-order valence-electron chi connectivity index (χ1n) is 13.2. The van der Waals surface area contributed by atoms with E-state index in [2.05, 4.69) is 10.6 Å². The average Bonchev–Trinajstić information content (AvgIpc) is 3.69. The van der Waals surface area contributed by atoms with Crippen LogP contribution in [0.3, 0.4) is 0 Å². The third kappa shape index (κ3) is 5.59. The highest BCUT2D eigenvalue weighted by molar-refractivity contribution is 7.10. The Hall–Kier alpha value is -4.30. The Morgan fingerprint density at radius 2 is 1.81 bits per heavy atom. The molecule has 1 fully saturated rings. The summed E-state index contributed by atoms with van der Waals surface area (Å²) in [6, 6.07) is 8.69. The molecule has 1 saturated heterocycles. The van der Waals surface area contributed by atoms with Gasteiger partial charge in [0.25, 0.3) is 11.8 Å². The highest BCUT2D eigenvalue weighted by atomic mass is 32.1. The molecule has 0 radical (unpaired) electrons. The number of nitrogens with one attached hydrogen (secondary N) is 3. The molecular formula is C29H27F4N5O4S. The first-order valence-corrected chi connectivity index (χ1v) is 14.1. The average molecular weight is 618 g/mol. The van der Waals surface area contributed by atoms with Crippen molar-refractivity contribution in [3.05, 3.63) is 81.0 Å². The molecule has 3 atom stereocenters. The zero-order valence-electron chi connectivity index (χ0n) is 22.5. The minimum Gasteiger partial charge on any atom is -0.394 e. The normalized spacial score (nSPS) is 20.7. The smallest absolute Gasteiger partial charge is 0.299 e. The van der Waals surface area contributed by atoms with E-state index in [0.717, 1.165) is 22.3 Å². The Kier molecular flexibility index (Phi) is 8.01. The van der Waals surface area contributed by atoms with E-state index in [1.807, 2.05) is 0 Å². The number of nitrogens with two attached hydrogens (primary N) is 1. The highest BCUT2D eigenvalue weighted by Crippen LogP contribution is 2.50. The predicted molar refractivity (Wildman–Crippen MR) is 150 cm³/mol. The van der Waals surface area contributed by atoms with E-state index in [-0.39, 0.29) is 33.7 Å². The maximum atomic E-state index is 15.1. The van der Waals surface area contributed by atoms with Gasteiger partial charge in [0.05, 0.1) is 25.7 Å². The molecule has 6 N–H and O–H groups in total. The molecule has 43 heavy (non-hydrogen) atoms. The molecule has 2 heterocycles. The van der Waals surface area contributed by atoms with Gasteiger partial charge in [0.2, 0.25) is 11.8 Å². The van der Waals surface area contributed by atoms with Crippen LogP contribution in [0.1, 0.15) is 44.4 Å². The van der Waals surface area contributed by atoms with E-state index in [9.17, 15) is 32.7 Å². The van der Waals surface area contributed by atoms with Gasteiger partial charge in [0, 0.05) is 38.9 Å². The molecular weight excluding hydrogens is 590 g/mol. The monoisotopic (exact) mass is 617 g/mol. The van der Waals surface area contributed by atoms with Crippen LogP contribution in [0.4, 0.5) is 17.6 Å². The number of amides is 3. The molecule has 14 heteroatoms. The number of halogens is 4. The van der Waals surface area contributed by atoms with Crippen LogP contribution >= 0.6 is 11.3 Å². The third-order valence-corrected chi connectivity index (χ3v) is 8.65. The molecule has 2 aliphatic rings. The van der Waals surface area contributed by atoms with Crippen molar-refractivity contribution in [2.45, 2.75) is 30.1 Å². The maximum absolute atomic E-state index is 15.1. The lowest BCUT2D eigenvalue weighted by molar-refractivity contribution is -0.138. The van der Waals surface area contributed by atoms with Crippen LogP contribution in [0.5, 0.6) is 0 Å². The Bertz CT molecular complexity index is 1610. The molecule has 0 saturated carbocycles. The quantitative estimate of drug-likeness (QED) is 0.142. The number of nitrogen functional groups attached to an aromatic ring is 1. The summed E-state index contributed by atoms with van der Waals surface area (Å²) in [5, 5.41) is 23.8. The van der Waals surface area contributed by atoms with Gasteiger partial charge in [-0.15, -0.1) is 11.3 Å². The van der Waals surface area contributed by atoms with Crippen LogP contribution in [-0.4, -0.2) is 71.6 Å². The predicted octanol–water partition coefficient (Wildman–Crippen LogP) is 3.01. The van der Waals surface area contributed by atoms with E-state index in [0.29, 0.717) is 10.4 Å². The number of carbonyl (C=O) groups is 3. The van der Waals surface area contributed by atoms with Crippen molar-refractivity contribution < 1.29 is 37.1 Å². The molecule has 1 aliphatic carbocycles. The van der Waals surface area contributed by atoms with Crippen LogP contribution in [-0.2, 0) is 15.5 Å². The SMILES string of the molecule is N=C(N)c1csc(C(CO)NC(=O)[C@@H]2C[C@](F)(CF)CN2C(=O)CNC(=O)c2ccc3c(c2)-c2ccccc2C3(F)F)c1. The summed E-state index contributed by atoms with van der Waals surface area (Å²) < 4.78 is 58.4. The van der Waals surface area contributed by atoms with Gasteiger partial charge >= 0.3 is 0 Å². The molecule has 1 aliphatic heterocycles. The van der Waals surface area contributed by atoms with Crippen molar-refractivity contribution in [3.63, 3.8) is 0 Å². The van der Waals surface area contributed by atoms with Crippen molar-refractivity contribution in [3.8, 4) is 11.1 Å². The molecule has 226 valence electrons. The van der Waals surface area contributed by atoms with Crippen molar-refractivity contribution in [1.29, 1.82) is 5.41 Å². The Labute approximate surface area is 247 Å². The van der Waals surface area contributed by atoms with Crippen LogP contribution in [0.15, 0.2) is 53.9 Å². The van der Waals surface area contributed by atoms with Gasteiger partial charge in [-0.2, -0.15) is 8.78 Å². The second-order valence-corrected chi connectivity index (χ2v) is 11.4. The van der Waals surface area contributed by atoms with Crippen LogP contribution in [0, 0.1) is 5.41 Å². The lowest BCUT2D eigenvalue weighted by Crippen LogP contribution is -2.50. The fraction of sp³-hybridized carbons (Fsp3) is 0.310. The largest absolute Gasteiger partial charge is 0.394 e. The van der Waals surface area contributed by atoms with Crippen molar-refractivity contribution >= 4 is 34.9 Å². The maximum Gasteiger partial charge on any atom is 0.299 e. The zero-order valence-corrected chi connectivity index (χ0v) is 23.3. The number of fused-ring (bicyclic) bond motifs is 3. The molecule has 1 aromatic heterocycles. The summed E-state index contributed by atoms with van der Waals surface area (Å²) in [7, 11) is 0. The van der Waals surface area contributed by atoms with Crippen LogP contribution < -0.4 is 16.4 Å². The van der Waals surface area contributed by atoms with Gasteiger partial charge in [-0.1, -0.05) is 30.3 Å². The van der Waals surface area contributed by atoms with Gasteiger partial charge in [0.15, 0.2) is 5.67 Å². The molecule has 3 amide bonds. The van der Waals surface area contributed by atoms with E-state index < -0.39 is 74.2 Å². The number of alkyl halides is 4. The van der Waals surface area contributed by atoms with Gasteiger partial charge in [-0.3, -0.25) is 19.8 Å². The molecule has 3 aromatic rings. The molecule has 0 spiro atoms. The summed E-state index contributed by atoms with van der Waals surface area (Å²) in [6.45, 7) is -3.42. The van der Waals surface area contributed by atoms with E-state index in [1.165, 1.54) is 36.4 Å². The molecule has 0 bridgehead atoms. The number of aliphatic hydroxyl groups is 1. The van der Waals surface area contributed by atoms with Crippen molar-refractivity contribution in [2.75, 3.05) is 26.4 Å². The fourth-order valence-corrected chi connectivity index (χ4v) is 6.31. The Morgan fingerprint density at radius 3 is 2.49 bits per heavy atom. The molecule has 9 nitrogen and oxygen atoms in total. The topological polar surface area (TPSA) is 149 Å². The fourth-order valence-electron chi connectivity index (χ4n) is 5.36. The first-order chi connectivity index (χ1) is 20.4. The van der Waals surface area contributed by atoms with Gasteiger partial charge in [-0.05, 0) is 29.3 Å². The van der Waals surface area contributed by atoms with Gasteiger partial charge in [-0.25, -0.2) is 8.78 Å². The minimum absolute atomic E-state index is 0.00466. The summed E-state index contributed by atoms with van der Waals surface area (Å²) in [5.41, 5.74) is 3.38. The second kappa shape index (κ2) is 11.4. The standard InChI is InChI=1S/C29H27F4N5O4S/c30-13-28(31)9-22(27(42)37-21(11-39)23-8-16(12-43-23)25(34)35)38(14-28)24(40)10-36-26(41)15-5-6-20-18(7-15)17-3-1-2-4-19(17)29(20,32)33/h1-8,12,21-22,39H,9-11,13-14H2,(H3,34,35)(H,36,41)(H,37,42)/t21?,22-,28-/m0/s1. The van der Waals surface area contributed by atoms with Crippen molar-refractivity contribution in [1.82, 2.24) is 15.5 Å².